The summed E-state index contributed by atoms with van der Waals surface area (Å²) in [7, 11) is 0. The largest absolute Gasteiger partial charge is 0.381 e. The molecule has 0 aromatic carbocycles. The highest BCUT2D eigenvalue weighted by Gasteiger charge is 2.24. The first-order chi connectivity index (χ1) is 9.29. The first kappa shape index (κ1) is 14.6. The molecule has 2 rings (SSSR count). The summed E-state index contributed by atoms with van der Waals surface area (Å²) in [5.74, 6) is 0.531. The Bertz CT molecular complexity index is 271. The third-order valence-electron chi connectivity index (χ3n) is 4.22. The van der Waals surface area contributed by atoms with Crippen LogP contribution in [0.5, 0.6) is 0 Å². The number of hydrogen-bond donors (Lipinski definition) is 1. The summed E-state index contributed by atoms with van der Waals surface area (Å²) in [4.78, 5) is 14.4. The Morgan fingerprint density at radius 2 is 2.05 bits per heavy atom. The van der Waals surface area contributed by atoms with Gasteiger partial charge in [0.15, 0.2) is 0 Å². The summed E-state index contributed by atoms with van der Waals surface area (Å²) in [5, 5.41) is 3.22. The molecule has 1 aliphatic heterocycles. The molecule has 0 aromatic heterocycles. The van der Waals surface area contributed by atoms with E-state index in [0.29, 0.717) is 12.0 Å². The first-order valence-corrected chi connectivity index (χ1v) is 7.92. The summed E-state index contributed by atoms with van der Waals surface area (Å²) in [6.07, 6.45) is 8.26. The molecule has 0 spiro atoms. The van der Waals surface area contributed by atoms with Crippen LogP contribution >= 0.6 is 0 Å². The second-order valence-corrected chi connectivity index (χ2v) is 5.96. The molecule has 1 heterocycles. The van der Waals surface area contributed by atoms with Crippen LogP contribution in [0.2, 0.25) is 0 Å². The molecule has 4 nitrogen and oxygen atoms in total. The predicted molar refractivity (Wildman–Crippen MR) is 76.2 cm³/mol. The van der Waals surface area contributed by atoms with Gasteiger partial charge in [0, 0.05) is 31.7 Å². The number of nitrogens with zero attached hydrogens (tertiary/aromatic N) is 1. The van der Waals surface area contributed by atoms with Crippen LogP contribution in [0.15, 0.2) is 0 Å². The van der Waals surface area contributed by atoms with Crippen molar-refractivity contribution in [3.8, 4) is 0 Å². The van der Waals surface area contributed by atoms with Gasteiger partial charge in [0.05, 0.1) is 6.61 Å². The molecule has 19 heavy (non-hydrogen) atoms. The average Bonchev–Trinajstić information content (AvgIpc) is 2.92. The third kappa shape index (κ3) is 4.68. The van der Waals surface area contributed by atoms with Crippen LogP contribution in [-0.4, -0.2) is 43.3 Å². The van der Waals surface area contributed by atoms with E-state index in [2.05, 4.69) is 12.2 Å². The maximum absolute atomic E-state index is 12.4. The molecular weight excluding hydrogens is 240 g/mol. The number of amides is 2. The SMILES string of the molecule is CCCN(CC1CCOC1)C(=O)NC1CCCCC1. The minimum Gasteiger partial charge on any atom is -0.381 e. The Balaban J connectivity index is 1.80. The molecular formula is C15H28N2O2. The van der Waals surface area contributed by atoms with E-state index in [9.17, 15) is 4.79 Å². The molecule has 1 atom stereocenters. The lowest BCUT2D eigenvalue weighted by molar-refractivity contribution is 0.161. The maximum atomic E-state index is 12.4. The normalized spacial score (nSPS) is 24.4. The highest BCUT2D eigenvalue weighted by Crippen LogP contribution is 2.18. The average molecular weight is 268 g/mol. The number of nitrogens with one attached hydrogen (secondary N) is 1. The fraction of sp³-hybridized carbons (Fsp3) is 0.933. The number of hydrogen-bond acceptors (Lipinski definition) is 2. The van der Waals surface area contributed by atoms with E-state index in [-0.39, 0.29) is 6.03 Å². The fourth-order valence-corrected chi connectivity index (χ4v) is 3.10. The Labute approximate surface area is 116 Å². The van der Waals surface area contributed by atoms with Gasteiger partial charge in [-0.3, -0.25) is 0 Å². The molecule has 4 heteroatoms. The van der Waals surface area contributed by atoms with E-state index in [4.69, 9.17) is 4.74 Å². The van der Waals surface area contributed by atoms with Crippen molar-refractivity contribution in [2.45, 2.75) is 57.9 Å². The molecule has 1 aliphatic carbocycles. The number of rotatable bonds is 5. The third-order valence-corrected chi connectivity index (χ3v) is 4.22. The smallest absolute Gasteiger partial charge is 0.317 e. The number of carbonyl (C=O) groups excluding carboxylic acids is 1. The quantitative estimate of drug-likeness (QED) is 0.833. The summed E-state index contributed by atoms with van der Waals surface area (Å²) in [5.41, 5.74) is 0. The molecule has 1 unspecified atom stereocenters. The zero-order chi connectivity index (χ0) is 13.5. The van der Waals surface area contributed by atoms with Gasteiger partial charge >= 0.3 is 6.03 Å². The zero-order valence-electron chi connectivity index (χ0n) is 12.2. The van der Waals surface area contributed by atoms with Gasteiger partial charge in [-0.2, -0.15) is 0 Å². The molecule has 110 valence electrons. The van der Waals surface area contributed by atoms with Gasteiger partial charge in [-0.1, -0.05) is 26.2 Å². The number of ether oxygens (including phenoxy) is 1. The van der Waals surface area contributed by atoms with Gasteiger partial charge in [0.1, 0.15) is 0 Å². The van der Waals surface area contributed by atoms with Gasteiger partial charge in [-0.15, -0.1) is 0 Å². The number of carbonyl (C=O) groups is 1. The van der Waals surface area contributed by atoms with Crippen LogP contribution in [0.4, 0.5) is 4.79 Å². The van der Waals surface area contributed by atoms with Crippen molar-refractivity contribution < 1.29 is 9.53 Å². The summed E-state index contributed by atoms with van der Waals surface area (Å²) >= 11 is 0. The van der Waals surface area contributed by atoms with Crippen molar-refractivity contribution in [1.29, 1.82) is 0 Å². The van der Waals surface area contributed by atoms with Crippen LogP contribution in [0, 0.1) is 5.92 Å². The van der Waals surface area contributed by atoms with Crippen molar-refractivity contribution >= 4 is 6.03 Å². The predicted octanol–water partition coefficient (Wildman–Crippen LogP) is 2.78. The van der Waals surface area contributed by atoms with Crippen molar-refractivity contribution in [2.75, 3.05) is 26.3 Å². The van der Waals surface area contributed by atoms with Crippen molar-refractivity contribution in [2.24, 2.45) is 5.92 Å². The number of urea groups is 1. The molecule has 2 aliphatic rings. The first-order valence-electron chi connectivity index (χ1n) is 7.92. The second kappa shape index (κ2) is 7.73. The zero-order valence-corrected chi connectivity index (χ0v) is 12.2. The van der Waals surface area contributed by atoms with E-state index in [0.717, 1.165) is 52.0 Å². The van der Waals surface area contributed by atoms with E-state index >= 15 is 0 Å². The van der Waals surface area contributed by atoms with E-state index < -0.39 is 0 Å². The second-order valence-electron chi connectivity index (χ2n) is 5.96. The lowest BCUT2D eigenvalue weighted by Crippen LogP contribution is -2.47. The highest BCUT2D eigenvalue weighted by atomic mass is 16.5. The van der Waals surface area contributed by atoms with E-state index in [1.54, 1.807) is 0 Å². The Morgan fingerprint density at radius 1 is 1.26 bits per heavy atom. The van der Waals surface area contributed by atoms with Crippen molar-refractivity contribution in [3.63, 3.8) is 0 Å². The van der Waals surface area contributed by atoms with Gasteiger partial charge in [0.25, 0.3) is 0 Å². The lowest BCUT2D eigenvalue weighted by atomic mass is 9.96. The summed E-state index contributed by atoms with van der Waals surface area (Å²) < 4.78 is 5.41. The van der Waals surface area contributed by atoms with Crippen molar-refractivity contribution in [3.05, 3.63) is 0 Å². The van der Waals surface area contributed by atoms with Crippen LogP contribution < -0.4 is 5.32 Å². The molecule has 2 fully saturated rings. The Kier molecular flexibility index (Phi) is 5.95. The van der Waals surface area contributed by atoms with Gasteiger partial charge in [-0.25, -0.2) is 4.79 Å². The van der Waals surface area contributed by atoms with Gasteiger partial charge < -0.3 is 15.0 Å². The molecule has 1 saturated heterocycles. The molecule has 0 bridgehead atoms. The Hall–Kier alpha value is -0.770. The Morgan fingerprint density at radius 3 is 2.68 bits per heavy atom. The summed E-state index contributed by atoms with van der Waals surface area (Å²) in [6.45, 7) is 5.51. The maximum Gasteiger partial charge on any atom is 0.317 e. The van der Waals surface area contributed by atoms with Crippen molar-refractivity contribution in [1.82, 2.24) is 10.2 Å². The minimum atomic E-state index is 0.139. The van der Waals surface area contributed by atoms with Gasteiger partial charge in [0.2, 0.25) is 0 Å². The van der Waals surface area contributed by atoms with E-state index in [1.807, 2.05) is 4.90 Å². The monoisotopic (exact) mass is 268 g/mol. The molecule has 2 amide bonds. The fourth-order valence-electron chi connectivity index (χ4n) is 3.10. The topological polar surface area (TPSA) is 41.6 Å². The molecule has 0 radical (unpaired) electrons. The van der Waals surface area contributed by atoms with Crippen LogP contribution in [0.25, 0.3) is 0 Å². The standard InChI is InChI=1S/C15H28N2O2/c1-2-9-17(11-13-8-10-19-12-13)15(18)16-14-6-4-3-5-7-14/h13-14H,2-12H2,1H3,(H,16,18). The molecule has 1 N–H and O–H groups in total. The lowest BCUT2D eigenvalue weighted by Gasteiger charge is -2.29. The molecule has 1 saturated carbocycles. The van der Waals surface area contributed by atoms with Crippen LogP contribution in [0.3, 0.4) is 0 Å². The molecule has 0 aromatic rings. The van der Waals surface area contributed by atoms with Crippen LogP contribution in [-0.2, 0) is 4.74 Å². The minimum absolute atomic E-state index is 0.139. The highest BCUT2D eigenvalue weighted by molar-refractivity contribution is 5.74. The summed E-state index contributed by atoms with van der Waals surface area (Å²) in [6, 6.07) is 0.543. The van der Waals surface area contributed by atoms with E-state index in [1.165, 1.54) is 19.3 Å². The van der Waals surface area contributed by atoms with Crippen LogP contribution in [0.1, 0.15) is 51.9 Å². The van der Waals surface area contributed by atoms with Gasteiger partial charge in [-0.05, 0) is 25.7 Å².